The number of aliphatic imine (C=N–C) groups is 1. The van der Waals surface area contributed by atoms with Gasteiger partial charge in [-0.05, 0) is 25.2 Å². The van der Waals surface area contributed by atoms with Crippen LogP contribution in [0.15, 0.2) is 32.8 Å². The van der Waals surface area contributed by atoms with Crippen LogP contribution in [0.25, 0.3) is 5.69 Å². The molecule has 152 valence electrons. The molecule has 1 aromatic carbocycles. The molecule has 2 aromatic rings. The summed E-state index contributed by atoms with van der Waals surface area (Å²) in [7, 11) is 2.92. The summed E-state index contributed by atoms with van der Waals surface area (Å²) in [5.41, 5.74) is -1.39. The van der Waals surface area contributed by atoms with Gasteiger partial charge in [0, 0.05) is 18.8 Å². The predicted molar refractivity (Wildman–Crippen MR) is 108 cm³/mol. The predicted octanol–water partition coefficient (Wildman–Crippen LogP) is 1.01. The third-order valence-electron chi connectivity index (χ3n) is 4.41. The summed E-state index contributed by atoms with van der Waals surface area (Å²) in [5, 5.41) is 10.6. The van der Waals surface area contributed by atoms with Crippen LogP contribution >= 0.6 is 0 Å². The van der Waals surface area contributed by atoms with E-state index in [1.54, 1.807) is 12.1 Å². The van der Waals surface area contributed by atoms with Gasteiger partial charge in [0.1, 0.15) is 17.1 Å². The minimum Gasteiger partial charge on any atom is -0.497 e. The molecule has 9 heteroatoms. The first-order chi connectivity index (χ1) is 13.5. The molecule has 0 atom stereocenters. The SMILES string of the molecule is CCN(CC)CCN=Cc1c(O)n(-c2cc(OC)ccc2OC)c(=O)[nH]c1=O. The lowest BCUT2D eigenvalue weighted by molar-refractivity contribution is 0.313. The number of benzene rings is 1. The summed E-state index contributed by atoms with van der Waals surface area (Å²) in [6.07, 6.45) is 1.28. The normalized spacial score (nSPS) is 11.3. The molecule has 0 saturated carbocycles. The van der Waals surface area contributed by atoms with Gasteiger partial charge in [-0.3, -0.25) is 14.8 Å². The fraction of sp³-hybridized carbons (Fsp3) is 0.421. The van der Waals surface area contributed by atoms with Gasteiger partial charge < -0.3 is 19.5 Å². The Morgan fingerprint density at radius 1 is 1.21 bits per heavy atom. The molecule has 1 heterocycles. The number of rotatable bonds is 9. The molecule has 28 heavy (non-hydrogen) atoms. The van der Waals surface area contributed by atoms with Gasteiger partial charge >= 0.3 is 5.69 Å². The average Bonchev–Trinajstić information content (AvgIpc) is 2.69. The number of hydrogen-bond acceptors (Lipinski definition) is 7. The summed E-state index contributed by atoms with van der Waals surface area (Å²) in [5.74, 6) is 0.268. The van der Waals surface area contributed by atoms with E-state index in [2.05, 4.69) is 28.7 Å². The Balaban J connectivity index is 2.48. The van der Waals surface area contributed by atoms with Gasteiger partial charge in [0.2, 0.25) is 5.88 Å². The van der Waals surface area contributed by atoms with E-state index in [1.807, 2.05) is 0 Å². The zero-order chi connectivity index (χ0) is 20.7. The van der Waals surface area contributed by atoms with Crippen LogP contribution in [0.3, 0.4) is 0 Å². The number of ether oxygens (including phenoxy) is 2. The number of H-pyrrole nitrogens is 1. The Morgan fingerprint density at radius 3 is 2.54 bits per heavy atom. The summed E-state index contributed by atoms with van der Waals surface area (Å²) in [6.45, 7) is 7.10. The van der Waals surface area contributed by atoms with Crippen LogP contribution in [0, 0.1) is 0 Å². The van der Waals surface area contributed by atoms with Crippen molar-refractivity contribution in [2.45, 2.75) is 13.8 Å². The number of aromatic nitrogens is 2. The van der Waals surface area contributed by atoms with Crippen LogP contribution in [-0.4, -0.2) is 66.2 Å². The van der Waals surface area contributed by atoms with Crippen molar-refractivity contribution in [2.75, 3.05) is 40.4 Å². The molecule has 0 spiro atoms. The molecular weight excluding hydrogens is 364 g/mol. The number of aromatic amines is 1. The van der Waals surface area contributed by atoms with Crippen LogP contribution in [-0.2, 0) is 0 Å². The van der Waals surface area contributed by atoms with Crippen molar-refractivity contribution < 1.29 is 14.6 Å². The molecule has 0 aliphatic heterocycles. The van der Waals surface area contributed by atoms with E-state index in [0.29, 0.717) is 18.0 Å². The topological polar surface area (TPSA) is 109 Å². The quantitative estimate of drug-likeness (QED) is 0.619. The van der Waals surface area contributed by atoms with Crippen molar-refractivity contribution >= 4 is 6.21 Å². The first-order valence-electron chi connectivity index (χ1n) is 8.99. The Morgan fingerprint density at radius 2 is 1.93 bits per heavy atom. The van der Waals surface area contributed by atoms with Crippen LogP contribution in [0.2, 0.25) is 0 Å². The molecule has 2 N–H and O–H groups in total. The minimum atomic E-state index is -0.797. The van der Waals surface area contributed by atoms with Gasteiger partial charge in [-0.2, -0.15) is 0 Å². The number of nitrogens with one attached hydrogen (secondary N) is 1. The lowest BCUT2D eigenvalue weighted by atomic mass is 10.2. The van der Waals surface area contributed by atoms with Gasteiger partial charge in [-0.25, -0.2) is 9.36 Å². The van der Waals surface area contributed by atoms with Crippen molar-refractivity contribution in [3.05, 3.63) is 44.6 Å². The Labute approximate surface area is 162 Å². The maximum atomic E-state index is 12.4. The standard InChI is InChI=1S/C19H26N4O5/c1-5-22(6-2)10-9-20-12-14-17(24)21-19(26)23(18(14)25)15-11-13(27-3)7-8-16(15)28-4/h7-8,11-12,25H,5-6,9-10H2,1-4H3,(H,21,24,26). The van der Waals surface area contributed by atoms with Gasteiger partial charge in [0.15, 0.2) is 0 Å². The number of methoxy groups -OCH3 is 2. The highest BCUT2D eigenvalue weighted by Crippen LogP contribution is 2.29. The second kappa shape index (κ2) is 9.75. The summed E-state index contributed by atoms with van der Waals surface area (Å²) >= 11 is 0. The van der Waals surface area contributed by atoms with Gasteiger partial charge in [0.05, 0.1) is 26.5 Å². The maximum absolute atomic E-state index is 12.4. The smallest absolute Gasteiger partial charge is 0.335 e. The largest absolute Gasteiger partial charge is 0.497 e. The van der Waals surface area contributed by atoms with Crippen molar-refractivity contribution in [1.29, 1.82) is 0 Å². The second-order valence-electron chi connectivity index (χ2n) is 5.93. The van der Waals surface area contributed by atoms with E-state index in [-0.39, 0.29) is 11.3 Å². The molecule has 0 bridgehead atoms. The molecule has 0 amide bonds. The Bertz CT molecular complexity index is 944. The van der Waals surface area contributed by atoms with Crippen LogP contribution < -0.4 is 20.7 Å². The number of nitrogens with zero attached hydrogens (tertiary/aromatic N) is 3. The first kappa shape index (κ1) is 21.2. The number of hydrogen-bond donors (Lipinski definition) is 2. The minimum absolute atomic E-state index is 0.107. The fourth-order valence-electron chi connectivity index (χ4n) is 2.74. The van der Waals surface area contributed by atoms with Gasteiger partial charge in [0.25, 0.3) is 5.56 Å². The Hall–Kier alpha value is -3.07. The molecule has 0 saturated heterocycles. The van der Waals surface area contributed by atoms with Gasteiger partial charge in [-0.1, -0.05) is 13.8 Å². The monoisotopic (exact) mass is 390 g/mol. The molecule has 9 nitrogen and oxygen atoms in total. The summed E-state index contributed by atoms with van der Waals surface area (Å²) in [4.78, 5) is 33.2. The van der Waals surface area contributed by atoms with E-state index < -0.39 is 17.1 Å². The molecule has 0 unspecified atom stereocenters. The highest BCUT2D eigenvalue weighted by Gasteiger charge is 2.18. The van der Waals surface area contributed by atoms with E-state index in [4.69, 9.17) is 9.47 Å². The molecule has 0 fully saturated rings. The van der Waals surface area contributed by atoms with Crippen LogP contribution in [0.4, 0.5) is 0 Å². The number of aromatic hydroxyl groups is 1. The van der Waals surface area contributed by atoms with Crippen molar-refractivity contribution in [3.63, 3.8) is 0 Å². The first-order valence-corrected chi connectivity index (χ1v) is 8.99. The molecule has 1 aromatic heterocycles. The lowest BCUT2D eigenvalue weighted by Crippen LogP contribution is -2.31. The highest BCUT2D eigenvalue weighted by molar-refractivity contribution is 5.82. The van der Waals surface area contributed by atoms with E-state index in [9.17, 15) is 14.7 Å². The molecule has 0 radical (unpaired) electrons. The lowest BCUT2D eigenvalue weighted by Gasteiger charge is -2.16. The van der Waals surface area contributed by atoms with E-state index in [1.165, 1.54) is 26.5 Å². The average molecular weight is 390 g/mol. The molecule has 0 aliphatic rings. The molecule has 2 rings (SSSR count). The molecule has 0 aliphatic carbocycles. The maximum Gasteiger partial charge on any atom is 0.335 e. The van der Waals surface area contributed by atoms with Crippen LogP contribution in [0.5, 0.6) is 17.4 Å². The van der Waals surface area contributed by atoms with Crippen molar-refractivity contribution in [3.8, 4) is 23.1 Å². The summed E-state index contributed by atoms with van der Waals surface area (Å²) in [6, 6.07) is 4.79. The third-order valence-corrected chi connectivity index (χ3v) is 4.41. The summed E-state index contributed by atoms with van der Waals surface area (Å²) < 4.78 is 11.4. The zero-order valence-electron chi connectivity index (χ0n) is 16.6. The third kappa shape index (κ3) is 4.61. The van der Waals surface area contributed by atoms with Gasteiger partial charge in [-0.15, -0.1) is 0 Å². The van der Waals surface area contributed by atoms with Crippen molar-refractivity contribution in [1.82, 2.24) is 14.5 Å². The highest BCUT2D eigenvalue weighted by atomic mass is 16.5. The zero-order valence-corrected chi connectivity index (χ0v) is 16.6. The van der Waals surface area contributed by atoms with E-state index >= 15 is 0 Å². The Kier molecular flexibility index (Phi) is 7.39. The van der Waals surface area contributed by atoms with Crippen LogP contribution in [0.1, 0.15) is 19.4 Å². The van der Waals surface area contributed by atoms with Crippen molar-refractivity contribution in [2.24, 2.45) is 4.99 Å². The van der Waals surface area contributed by atoms with E-state index in [0.717, 1.165) is 24.2 Å². The second-order valence-corrected chi connectivity index (χ2v) is 5.93. The fourth-order valence-corrected chi connectivity index (χ4v) is 2.74. The number of likely N-dealkylation sites (N-methyl/N-ethyl adjacent to an activating group) is 1. The molecular formula is C19H26N4O5.